The van der Waals surface area contributed by atoms with Crippen LogP contribution in [0.1, 0.15) is 65.0 Å². The number of fused-ring (bicyclic) bond motifs is 1. The Morgan fingerprint density at radius 1 is 1.27 bits per heavy atom. The molecule has 0 radical (unpaired) electrons. The second-order valence-corrected chi connectivity index (χ2v) is 8.75. The molecule has 0 saturated heterocycles. The Kier molecular flexibility index (Phi) is 5.03. The van der Waals surface area contributed by atoms with Crippen molar-refractivity contribution in [3.05, 3.63) is 11.6 Å². The van der Waals surface area contributed by atoms with Crippen molar-refractivity contribution in [2.24, 2.45) is 10.4 Å². The van der Waals surface area contributed by atoms with E-state index in [1.54, 1.807) is 7.11 Å². The van der Waals surface area contributed by atoms with Gasteiger partial charge < -0.3 is 19.9 Å². The molecular formula is C19H34N6O. The fourth-order valence-electron chi connectivity index (χ4n) is 4.15. The molecule has 7 nitrogen and oxygen atoms in total. The van der Waals surface area contributed by atoms with Crippen LogP contribution in [0, 0.1) is 5.41 Å². The molecule has 3 atom stereocenters. The molecule has 0 spiro atoms. The number of rotatable bonds is 4. The summed E-state index contributed by atoms with van der Waals surface area (Å²) in [5.74, 6) is 3.43. The zero-order valence-corrected chi connectivity index (χ0v) is 17.3. The molecule has 7 heteroatoms. The van der Waals surface area contributed by atoms with E-state index in [-0.39, 0.29) is 11.0 Å². The van der Waals surface area contributed by atoms with Crippen molar-refractivity contribution in [1.82, 2.24) is 25.4 Å². The number of hydrogen-bond acceptors (Lipinski definition) is 4. The molecule has 0 bridgehead atoms. The molecular weight excluding hydrogens is 328 g/mol. The first-order chi connectivity index (χ1) is 12.2. The second-order valence-electron chi connectivity index (χ2n) is 8.75. The van der Waals surface area contributed by atoms with Crippen LogP contribution in [0.2, 0.25) is 0 Å². The molecule has 0 amide bonds. The van der Waals surface area contributed by atoms with Crippen molar-refractivity contribution >= 4 is 5.96 Å². The molecule has 3 rings (SSSR count). The van der Waals surface area contributed by atoms with Gasteiger partial charge in [0.25, 0.3) is 0 Å². The Morgan fingerprint density at radius 2 is 2.00 bits per heavy atom. The molecule has 2 N–H and O–H groups in total. The average molecular weight is 363 g/mol. The minimum atomic E-state index is -0.0854. The predicted octanol–water partition coefficient (Wildman–Crippen LogP) is 2.08. The SMILES string of the molecule is CN=C(NC1CCc2nnc(C(C)C)n2C1)NC1CC(C)(OC)C1(C)C. The van der Waals surface area contributed by atoms with Gasteiger partial charge in [0.1, 0.15) is 11.6 Å². The summed E-state index contributed by atoms with van der Waals surface area (Å²) in [7, 11) is 3.64. The van der Waals surface area contributed by atoms with Crippen LogP contribution in [0.15, 0.2) is 4.99 Å². The number of nitrogens with zero attached hydrogens (tertiary/aromatic N) is 4. The van der Waals surface area contributed by atoms with E-state index >= 15 is 0 Å². The summed E-state index contributed by atoms with van der Waals surface area (Å²) in [5, 5.41) is 15.9. The molecule has 1 saturated carbocycles. The van der Waals surface area contributed by atoms with Crippen LogP contribution in [0.3, 0.4) is 0 Å². The minimum absolute atomic E-state index is 0.0538. The number of aromatic nitrogens is 3. The summed E-state index contributed by atoms with van der Waals surface area (Å²) in [6, 6.07) is 0.679. The lowest BCUT2D eigenvalue weighted by Crippen LogP contribution is -2.69. The Hall–Kier alpha value is -1.63. The first kappa shape index (κ1) is 19.1. The zero-order chi connectivity index (χ0) is 19.1. The third-order valence-corrected chi connectivity index (χ3v) is 6.65. The van der Waals surface area contributed by atoms with E-state index in [1.165, 1.54) is 0 Å². The normalized spacial score (nSPS) is 30.7. The number of nitrogens with one attached hydrogen (secondary N) is 2. The first-order valence-corrected chi connectivity index (χ1v) is 9.69. The van der Waals surface area contributed by atoms with E-state index in [1.807, 2.05) is 7.05 Å². The van der Waals surface area contributed by atoms with E-state index in [2.05, 4.69) is 65.0 Å². The van der Waals surface area contributed by atoms with Crippen molar-refractivity contribution in [3.63, 3.8) is 0 Å². The van der Waals surface area contributed by atoms with E-state index in [4.69, 9.17) is 4.74 Å². The molecule has 1 aliphatic carbocycles. The summed E-state index contributed by atoms with van der Waals surface area (Å²) >= 11 is 0. The standard InChI is InChI=1S/C19H34N6O/c1-12(2)16-24-23-15-9-8-13(11-25(15)16)21-17(20-6)22-14-10-19(5,26-7)18(14,3)4/h12-14H,8-11H2,1-7H3,(H2,20,21,22). The summed E-state index contributed by atoms with van der Waals surface area (Å²) in [5.41, 5.74) is -0.0317. The molecule has 1 fully saturated rings. The fourth-order valence-corrected chi connectivity index (χ4v) is 4.15. The highest BCUT2D eigenvalue weighted by Gasteiger charge is 2.58. The third kappa shape index (κ3) is 3.10. The molecule has 3 unspecified atom stereocenters. The zero-order valence-electron chi connectivity index (χ0n) is 17.3. The topological polar surface area (TPSA) is 76.4 Å². The van der Waals surface area contributed by atoms with Gasteiger partial charge in [0.15, 0.2) is 5.96 Å². The second kappa shape index (κ2) is 6.83. The van der Waals surface area contributed by atoms with Gasteiger partial charge in [-0.25, -0.2) is 0 Å². The van der Waals surface area contributed by atoms with Gasteiger partial charge >= 0.3 is 0 Å². The molecule has 1 aromatic rings. The lowest BCUT2D eigenvalue weighted by Gasteiger charge is -2.59. The minimum Gasteiger partial charge on any atom is -0.378 e. The highest BCUT2D eigenvalue weighted by Crippen LogP contribution is 2.51. The first-order valence-electron chi connectivity index (χ1n) is 9.69. The van der Waals surface area contributed by atoms with Crippen LogP contribution in [0.5, 0.6) is 0 Å². The van der Waals surface area contributed by atoms with Crippen LogP contribution >= 0.6 is 0 Å². The number of aryl methyl sites for hydroxylation is 1. The molecule has 2 aliphatic rings. The number of aliphatic imine (C=N–C) groups is 1. The largest absolute Gasteiger partial charge is 0.378 e. The molecule has 2 heterocycles. The van der Waals surface area contributed by atoms with Crippen molar-refractivity contribution < 1.29 is 4.74 Å². The third-order valence-electron chi connectivity index (χ3n) is 6.65. The molecule has 0 aromatic carbocycles. The number of methoxy groups -OCH3 is 1. The van der Waals surface area contributed by atoms with Gasteiger partial charge in [-0.15, -0.1) is 10.2 Å². The Labute approximate surface area is 157 Å². The monoisotopic (exact) mass is 362 g/mol. The highest BCUT2D eigenvalue weighted by molar-refractivity contribution is 5.80. The van der Waals surface area contributed by atoms with Crippen LogP contribution in [0.25, 0.3) is 0 Å². The molecule has 146 valence electrons. The van der Waals surface area contributed by atoms with Crippen LogP contribution in [0.4, 0.5) is 0 Å². The predicted molar refractivity (Wildman–Crippen MR) is 103 cm³/mol. The van der Waals surface area contributed by atoms with Crippen molar-refractivity contribution in [1.29, 1.82) is 0 Å². The summed E-state index contributed by atoms with van der Waals surface area (Å²) in [4.78, 5) is 4.46. The number of guanidine groups is 1. The van der Waals surface area contributed by atoms with Crippen molar-refractivity contribution in [3.8, 4) is 0 Å². The van der Waals surface area contributed by atoms with Crippen LogP contribution in [-0.2, 0) is 17.7 Å². The van der Waals surface area contributed by atoms with Gasteiger partial charge in [0.2, 0.25) is 0 Å². The maximum absolute atomic E-state index is 5.73. The van der Waals surface area contributed by atoms with Gasteiger partial charge in [0, 0.05) is 50.5 Å². The van der Waals surface area contributed by atoms with Crippen LogP contribution in [-0.4, -0.2) is 52.6 Å². The fraction of sp³-hybridized carbons (Fsp3) is 0.842. The van der Waals surface area contributed by atoms with E-state index in [0.29, 0.717) is 18.0 Å². The van der Waals surface area contributed by atoms with Gasteiger partial charge in [-0.05, 0) is 19.8 Å². The average Bonchev–Trinajstić information content (AvgIpc) is 3.03. The number of ether oxygens (including phenoxy) is 1. The Bertz CT molecular complexity index is 680. The molecule has 1 aromatic heterocycles. The van der Waals surface area contributed by atoms with Gasteiger partial charge in [-0.3, -0.25) is 4.99 Å². The van der Waals surface area contributed by atoms with E-state index in [0.717, 1.165) is 43.4 Å². The highest BCUT2D eigenvalue weighted by atomic mass is 16.5. The Balaban J connectivity index is 1.63. The van der Waals surface area contributed by atoms with Gasteiger partial charge in [0.05, 0.1) is 5.60 Å². The van der Waals surface area contributed by atoms with E-state index in [9.17, 15) is 0 Å². The van der Waals surface area contributed by atoms with Gasteiger partial charge in [-0.2, -0.15) is 0 Å². The summed E-state index contributed by atoms with van der Waals surface area (Å²) in [6.07, 6.45) is 2.97. The molecule has 26 heavy (non-hydrogen) atoms. The lowest BCUT2D eigenvalue weighted by molar-refractivity contribution is -0.176. The maximum Gasteiger partial charge on any atom is 0.191 e. The maximum atomic E-state index is 5.73. The van der Waals surface area contributed by atoms with Crippen LogP contribution < -0.4 is 10.6 Å². The number of hydrogen-bond donors (Lipinski definition) is 2. The quantitative estimate of drug-likeness (QED) is 0.633. The van der Waals surface area contributed by atoms with Crippen molar-refractivity contribution in [2.45, 2.75) is 84.0 Å². The molecule has 1 aliphatic heterocycles. The smallest absolute Gasteiger partial charge is 0.191 e. The van der Waals surface area contributed by atoms with E-state index < -0.39 is 0 Å². The van der Waals surface area contributed by atoms with Crippen molar-refractivity contribution in [2.75, 3.05) is 14.2 Å². The summed E-state index contributed by atoms with van der Waals surface area (Å²) < 4.78 is 8.00. The van der Waals surface area contributed by atoms with Gasteiger partial charge in [-0.1, -0.05) is 27.7 Å². The lowest BCUT2D eigenvalue weighted by atomic mass is 9.56. The summed E-state index contributed by atoms with van der Waals surface area (Å²) in [6.45, 7) is 11.9. The Morgan fingerprint density at radius 3 is 2.58 bits per heavy atom.